The van der Waals surface area contributed by atoms with Gasteiger partial charge in [-0.05, 0) is 24.3 Å². The first-order valence-electron chi connectivity index (χ1n) is 7.90. The third-order valence-corrected chi connectivity index (χ3v) is 4.26. The van der Waals surface area contributed by atoms with Gasteiger partial charge in [-0.3, -0.25) is 14.2 Å². The zero-order valence-corrected chi connectivity index (χ0v) is 14.8. The van der Waals surface area contributed by atoms with Crippen molar-refractivity contribution in [2.45, 2.75) is 19.5 Å². The molecule has 1 atom stereocenters. The molecule has 3 rings (SSSR count). The molecule has 0 radical (unpaired) electrons. The minimum Gasteiger partial charge on any atom is -0.348 e. The smallest absolute Gasteiger partial charge is 0.328 e. The van der Waals surface area contributed by atoms with Crippen LogP contribution in [0.1, 0.15) is 18.5 Å². The summed E-state index contributed by atoms with van der Waals surface area (Å²) in [6.07, 6.45) is 0. The van der Waals surface area contributed by atoms with Crippen molar-refractivity contribution in [1.82, 2.24) is 14.9 Å². The highest BCUT2D eigenvalue weighted by atomic mass is 35.5. The molecule has 0 aliphatic heterocycles. The van der Waals surface area contributed by atoms with E-state index in [1.165, 1.54) is 25.1 Å². The van der Waals surface area contributed by atoms with Crippen LogP contribution >= 0.6 is 11.6 Å². The Kier molecular flexibility index (Phi) is 5.09. The predicted octanol–water partition coefficient (Wildman–Crippen LogP) is 2.50. The lowest BCUT2D eigenvalue weighted by molar-refractivity contribution is -0.119. The monoisotopic (exact) mass is 393 g/mol. The second-order valence-corrected chi connectivity index (χ2v) is 6.39. The quantitative estimate of drug-likeness (QED) is 0.714. The molecule has 0 unspecified atom stereocenters. The molecule has 1 aromatic heterocycles. The summed E-state index contributed by atoms with van der Waals surface area (Å²) in [6.45, 7) is 0.874. The molecule has 0 aliphatic rings. The normalized spacial score (nSPS) is 12.1. The summed E-state index contributed by atoms with van der Waals surface area (Å²) in [5.41, 5.74) is -1.15. The van der Waals surface area contributed by atoms with Crippen LogP contribution in [0.15, 0.2) is 46.0 Å². The summed E-state index contributed by atoms with van der Waals surface area (Å²) in [6, 6.07) is 6.20. The molecular weight excluding hydrogens is 380 g/mol. The Morgan fingerprint density at radius 3 is 2.63 bits per heavy atom. The Bertz CT molecular complexity index is 1160. The minimum atomic E-state index is -1.05. The molecule has 0 aliphatic carbocycles. The fraction of sp³-hybridized carbons (Fsp3) is 0.167. The van der Waals surface area contributed by atoms with Crippen molar-refractivity contribution in [3.63, 3.8) is 0 Å². The second-order valence-electron chi connectivity index (χ2n) is 5.95. The topological polar surface area (TPSA) is 84.0 Å². The third kappa shape index (κ3) is 3.90. The standard InChI is InChI=1S/C18H14ClF2N3O3/c1-9(25)22-16(12-5-3-11(20)7-14(12)21)8-24-17(26)13-4-2-10(19)6-15(13)23-18(24)27/h2-7,16H,8H2,1H3,(H,22,25)(H,23,27)/t16-/m1/s1. The second kappa shape index (κ2) is 7.32. The molecule has 1 heterocycles. The van der Waals surface area contributed by atoms with Crippen molar-refractivity contribution in [3.05, 3.63) is 79.5 Å². The van der Waals surface area contributed by atoms with Crippen molar-refractivity contribution in [2.24, 2.45) is 0 Å². The summed E-state index contributed by atoms with van der Waals surface area (Å²) in [5.74, 6) is -2.18. The van der Waals surface area contributed by atoms with Gasteiger partial charge >= 0.3 is 5.69 Å². The van der Waals surface area contributed by atoms with Crippen LogP contribution in [0.2, 0.25) is 5.02 Å². The number of halogens is 3. The number of carbonyl (C=O) groups excluding carboxylic acids is 1. The molecule has 0 spiro atoms. The van der Waals surface area contributed by atoms with Gasteiger partial charge in [0.1, 0.15) is 11.6 Å². The van der Waals surface area contributed by atoms with Crippen LogP contribution in [0.3, 0.4) is 0 Å². The lowest BCUT2D eigenvalue weighted by Gasteiger charge is -2.20. The van der Waals surface area contributed by atoms with E-state index in [-0.39, 0.29) is 23.0 Å². The van der Waals surface area contributed by atoms with Crippen LogP contribution in [0.25, 0.3) is 10.9 Å². The zero-order valence-electron chi connectivity index (χ0n) is 14.1. The number of fused-ring (bicyclic) bond motifs is 1. The van der Waals surface area contributed by atoms with Crippen LogP contribution in [0.4, 0.5) is 8.78 Å². The number of amides is 1. The molecule has 1 amide bonds. The largest absolute Gasteiger partial charge is 0.348 e. The summed E-state index contributed by atoms with van der Waals surface area (Å²) in [5, 5.41) is 3.04. The van der Waals surface area contributed by atoms with Gasteiger partial charge in [0.2, 0.25) is 5.91 Å². The van der Waals surface area contributed by atoms with Gasteiger partial charge < -0.3 is 10.3 Å². The van der Waals surface area contributed by atoms with E-state index in [1.54, 1.807) is 0 Å². The summed E-state index contributed by atoms with van der Waals surface area (Å²) in [7, 11) is 0. The number of nitrogens with one attached hydrogen (secondary N) is 2. The van der Waals surface area contributed by atoms with Gasteiger partial charge in [0.05, 0.1) is 23.5 Å². The van der Waals surface area contributed by atoms with E-state index >= 15 is 0 Å². The Labute approximate surface area is 156 Å². The maximum Gasteiger partial charge on any atom is 0.328 e. The molecule has 140 valence electrons. The number of carbonyl (C=O) groups is 1. The van der Waals surface area contributed by atoms with E-state index in [0.29, 0.717) is 11.1 Å². The molecule has 0 fully saturated rings. The third-order valence-electron chi connectivity index (χ3n) is 4.02. The van der Waals surface area contributed by atoms with Crippen LogP contribution in [0, 0.1) is 11.6 Å². The average Bonchev–Trinajstić information content (AvgIpc) is 2.57. The van der Waals surface area contributed by atoms with E-state index in [2.05, 4.69) is 10.3 Å². The highest BCUT2D eigenvalue weighted by Gasteiger charge is 2.20. The van der Waals surface area contributed by atoms with Crippen LogP contribution in [-0.2, 0) is 11.3 Å². The molecular formula is C18H14ClF2N3O3. The zero-order chi connectivity index (χ0) is 19.7. The fourth-order valence-electron chi connectivity index (χ4n) is 2.83. The lowest BCUT2D eigenvalue weighted by Crippen LogP contribution is -2.40. The van der Waals surface area contributed by atoms with Crippen LogP contribution in [0.5, 0.6) is 0 Å². The van der Waals surface area contributed by atoms with Gasteiger partial charge in [-0.2, -0.15) is 0 Å². The molecule has 27 heavy (non-hydrogen) atoms. The predicted molar refractivity (Wildman–Crippen MR) is 96.8 cm³/mol. The number of aromatic nitrogens is 2. The Balaban J connectivity index is 2.11. The molecule has 3 aromatic rings. The van der Waals surface area contributed by atoms with E-state index in [0.717, 1.165) is 16.7 Å². The van der Waals surface area contributed by atoms with Crippen LogP contribution in [-0.4, -0.2) is 15.5 Å². The molecule has 2 N–H and O–H groups in total. The minimum absolute atomic E-state index is 0.0471. The van der Waals surface area contributed by atoms with Gasteiger partial charge in [-0.1, -0.05) is 17.7 Å². The number of benzene rings is 2. The van der Waals surface area contributed by atoms with E-state index in [9.17, 15) is 23.2 Å². The number of rotatable bonds is 4. The Hall–Kier alpha value is -3.00. The number of hydrogen-bond donors (Lipinski definition) is 2. The molecule has 0 bridgehead atoms. The van der Waals surface area contributed by atoms with Crippen LogP contribution < -0.4 is 16.6 Å². The highest BCUT2D eigenvalue weighted by Crippen LogP contribution is 2.20. The highest BCUT2D eigenvalue weighted by molar-refractivity contribution is 6.31. The van der Waals surface area contributed by atoms with E-state index in [4.69, 9.17) is 11.6 Å². The van der Waals surface area contributed by atoms with Crippen molar-refractivity contribution in [1.29, 1.82) is 0 Å². The first kappa shape index (κ1) is 18.8. The Morgan fingerprint density at radius 2 is 1.96 bits per heavy atom. The average molecular weight is 394 g/mol. The van der Waals surface area contributed by atoms with Gasteiger partial charge in [-0.25, -0.2) is 13.6 Å². The lowest BCUT2D eigenvalue weighted by atomic mass is 10.1. The van der Waals surface area contributed by atoms with E-state index in [1.807, 2.05) is 0 Å². The molecule has 9 heteroatoms. The Morgan fingerprint density at radius 1 is 1.22 bits per heavy atom. The number of nitrogens with zero attached hydrogens (tertiary/aromatic N) is 1. The molecule has 0 saturated heterocycles. The SMILES string of the molecule is CC(=O)N[C@H](Cn1c(=O)[nH]c2cc(Cl)ccc2c1=O)c1ccc(F)cc1F. The summed E-state index contributed by atoms with van der Waals surface area (Å²) >= 11 is 5.86. The van der Waals surface area contributed by atoms with Gasteiger partial charge in [0.15, 0.2) is 0 Å². The molecule has 2 aromatic carbocycles. The number of H-pyrrole nitrogens is 1. The molecule has 6 nitrogen and oxygen atoms in total. The number of aromatic amines is 1. The van der Waals surface area contributed by atoms with Crippen molar-refractivity contribution >= 4 is 28.4 Å². The first-order chi connectivity index (χ1) is 12.8. The van der Waals surface area contributed by atoms with Gasteiger partial charge in [0.25, 0.3) is 5.56 Å². The van der Waals surface area contributed by atoms with Crippen molar-refractivity contribution in [2.75, 3.05) is 0 Å². The molecule has 0 saturated carbocycles. The van der Waals surface area contributed by atoms with Crippen molar-refractivity contribution < 1.29 is 13.6 Å². The number of hydrogen-bond acceptors (Lipinski definition) is 3. The fourth-order valence-corrected chi connectivity index (χ4v) is 3.00. The van der Waals surface area contributed by atoms with Gasteiger partial charge in [0, 0.05) is 23.6 Å². The summed E-state index contributed by atoms with van der Waals surface area (Å²) in [4.78, 5) is 39.1. The van der Waals surface area contributed by atoms with Crippen molar-refractivity contribution in [3.8, 4) is 0 Å². The van der Waals surface area contributed by atoms with Gasteiger partial charge in [-0.15, -0.1) is 0 Å². The maximum atomic E-state index is 14.2. The maximum absolute atomic E-state index is 14.2. The first-order valence-corrected chi connectivity index (χ1v) is 8.28. The van der Waals surface area contributed by atoms with E-state index < -0.39 is 34.8 Å². The summed E-state index contributed by atoms with van der Waals surface area (Å²) < 4.78 is 28.2.